The van der Waals surface area contributed by atoms with Gasteiger partial charge in [0.15, 0.2) is 0 Å². The Hall–Kier alpha value is -3.23. The third-order valence-electron chi connectivity index (χ3n) is 2.67. The van der Waals surface area contributed by atoms with Crippen molar-refractivity contribution >= 4 is 23.5 Å². The van der Waals surface area contributed by atoms with Crippen LogP contribution < -0.4 is 11.1 Å². The molecule has 2 aromatic rings. The molecule has 0 spiro atoms. The molecule has 0 aliphatic heterocycles. The van der Waals surface area contributed by atoms with Crippen LogP contribution in [0.1, 0.15) is 17.3 Å². The summed E-state index contributed by atoms with van der Waals surface area (Å²) in [4.78, 5) is 39.0. The van der Waals surface area contributed by atoms with E-state index in [1.807, 2.05) is 0 Å². The number of pyridine rings is 1. The van der Waals surface area contributed by atoms with Gasteiger partial charge in [-0.2, -0.15) is 0 Å². The monoisotopic (exact) mass is 289 g/mol. The molecule has 108 valence electrons. The molecule has 0 aliphatic carbocycles. The number of H-pyrrole nitrogens is 1. The van der Waals surface area contributed by atoms with E-state index in [0.29, 0.717) is 11.1 Å². The number of primary amides is 1. The van der Waals surface area contributed by atoms with Crippen LogP contribution in [0.4, 0.5) is 11.6 Å². The fourth-order valence-electron chi connectivity index (χ4n) is 1.83. The first-order chi connectivity index (χ1) is 9.90. The number of hydrogen-bond donors (Lipinski definition) is 3. The van der Waals surface area contributed by atoms with Gasteiger partial charge in [0.1, 0.15) is 12.0 Å². The molecule has 9 heteroatoms. The molecule has 2 aromatic heterocycles. The Balaban J connectivity index is 2.48. The minimum Gasteiger partial charge on any atom is -0.365 e. The zero-order valence-electron chi connectivity index (χ0n) is 10.9. The van der Waals surface area contributed by atoms with Gasteiger partial charge in [0.2, 0.25) is 5.91 Å². The molecule has 21 heavy (non-hydrogen) atoms. The molecule has 9 nitrogen and oxygen atoms in total. The van der Waals surface area contributed by atoms with Crippen molar-refractivity contribution in [2.45, 2.75) is 6.92 Å². The molecule has 0 saturated carbocycles. The number of anilines is 1. The van der Waals surface area contributed by atoms with Gasteiger partial charge in [0.25, 0.3) is 5.91 Å². The van der Waals surface area contributed by atoms with E-state index in [4.69, 9.17) is 5.73 Å². The molecule has 0 radical (unpaired) electrons. The van der Waals surface area contributed by atoms with Gasteiger partial charge >= 0.3 is 5.82 Å². The van der Waals surface area contributed by atoms with E-state index in [1.165, 1.54) is 31.5 Å². The van der Waals surface area contributed by atoms with Crippen molar-refractivity contribution in [1.82, 2.24) is 9.97 Å². The summed E-state index contributed by atoms with van der Waals surface area (Å²) in [5, 5.41) is 13.0. The maximum absolute atomic E-state index is 11.6. The van der Waals surface area contributed by atoms with Gasteiger partial charge in [-0.05, 0) is 16.0 Å². The van der Waals surface area contributed by atoms with Crippen LogP contribution >= 0.6 is 0 Å². The van der Waals surface area contributed by atoms with Crippen molar-refractivity contribution in [1.29, 1.82) is 0 Å². The number of carbonyl (C=O) groups excluding carboxylic acids is 2. The van der Waals surface area contributed by atoms with Gasteiger partial charge in [0.05, 0.1) is 5.56 Å². The lowest BCUT2D eigenvalue weighted by atomic mass is 10.1. The van der Waals surface area contributed by atoms with E-state index in [1.54, 1.807) is 0 Å². The molecule has 0 atom stereocenters. The van der Waals surface area contributed by atoms with E-state index >= 15 is 0 Å². The SMILES string of the molecule is CC(=O)Nc1[nH]cc(-c2ccc([N+](=O)[O-])nc2)c1C(N)=O. The molecule has 0 aliphatic rings. The summed E-state index contributed by atoms with van der Waals surface area (Å²) in [7, 11) is 0. The molecular weight excluding hydrogens is 278 g/mol. The topological polar surface area (TPSA) is 144 Å². The summed E-state index contributed by atoms with van der Waals surface area (Å²) in [6.07, 6.45) is 2.72. The van der Waals surface area contributed by atoms with Gasteiger partial charge in [-0.15, -0.1) is 0 Å². The van der Waals surface area contributed by atoms with Gasteiger partial charge < -0.3 is 26.1 Å². The quantitative estimate of drug-likeness (QED) is 0.569. The van der Waals surface area contributed by atoms with Crippen LogP contribution in [0.5, 0.6) is 0 Å². The first-order valence-corrected chi connectivity index (χ1v) is 5.79. The fraction of sp³-hybridized carbons (Fsp3) is 0.0833. The second kappa shape index (κ2) is 5.41. The zero-order valence-corrected chi connectivity index (χ0v) is 10.9. The van der Waals surface area contributed by atoms with Gasteiger partial charge in [-0.1, -0.05) is 0 Å². The molecule has 0 bridgehead atoms. The van der Waals surface area contributed by atoms with E-state index in [9.17, 15) is 19.7 Å². The summed E-state index contributed by atoms with van der Waals surface area (Å²) in [5.41, 5.74) is 6.25. The van der Waals surface area contributed by atoms with Crippen molar-refractivity contribution in [3.05, 3.63) is 40.2 Å². The normalized spacial score (nSPS) is 10.1. The minimum atomic E-state index is -0.742. The number of nitro groups is 1. The first-order valence-electron chi connectivity index (χ1n) is 5.79. The Kier molecular flexibility index (Phi) is 3.65. The van der Waals surface area contributed by atoms with Crippen LogP contribution in [0.2, 0.25) is 0 Å². The second-order valence-corrected chi connectivity index (χ2v) is 4.16. The molecule has 0 unspecified atom stereocenters. The smallest absolute Gasteiger partial charge is 0.363 e. The van der Waals surface area contributed by atoms with Gasteiger partial charge in [-0.3, -0.25) is 9.59 Å². The average Bonchev–Trinajstić information content (AvgIpc) is 2.81. The number of nitrogens with zero attached hydrogens (tertiary/aromatic N) is 2. The van der Waals surface area contributed by atoms with E-state index < -0.39 is 10.8 Å². The van der Waals surface area contributed by atoms with Crippen LogP contribution in [0.3, 0.4) is 0 Å². The van der Waals surface area contributed by atoms with Crippen molar-refractivity contribution in [2.24, 2.45) is 5.73 Å². The van der Waals surface area contributed by atoms with Crippen molar-refractivity contribution in [2.75, 3.05) is 5.32 Å². The van der Waals surface area contributed by atoms with Crippen LogP contribution in [0, 0.1) is 10.1 Å². The highest BCUT2D eigenvalue weighted by Crippen LogP contribution is 2.29. The summed E-state index contributed by atoms with van der Waals surface area (Å²) in [6, 6.07) is 2.66. The third-order valence-corrected chi connectivity index (χ3v) is 2.67. The summed E-state index contributed by atoms with van der Waals surface area (Å²) >= 11 is 0. The molecule has 0 fully saturated rings. The summed E-state index contributed by atoms with van der Waals surface area (Å²) in [6.45, 7) is 1.29. The fourth-order valence-corrected chi connectivity index (χ4v) is 1.83. The van der Waals surface area contributed by atoms with Crippen LogP contribution in [-0.4, -0.2) is 26.7 Å². The molecular formula is C12H11N5O4. The lowest BCUT2D eigenvalue weighted by molar-refractivity contribution is -0.389. The summed E-state index contributed by atoms with van der Waals surface area (Å²) < 4.78 is 0. The molecule has 0 aromatic carbocycles. The number of nitrogens with one attached hydrogen (secondary N) is 2. The molecule has 2 rings (SSSR count). The number of aromatic nitrogens is 2. The highest BCUT2D eigenvalue weighted by molar-refractivity contribution is 6.07. The highest BCUT2D eigenvalue weighted by Gasteiger charge is 2.20. The Morgan fingerprint density at radius 3 is 2.62 bits per heavy atom. The maximum Gasteiger partial charge on any atom is 0.363 e. The lowest BCUT2D eigenvalue weighted by Crippen LogP contribution is -2.16. The minimum absolute atomic E-state index is 0.0841. The van der Waals surface area contributed by atoms with Crippen LogP contribution in [-0.2, 0) is 4.79 Å². The van der Waals surface area contributed by atoms with E-state index in [-0.39, 0.29) is 23.1 Å². The number of nitrogens with two attached hydrogens (primary N) is 1. The lowest BCUT2D eigenvalue weighted by Gasteiger charge is -2.03. The highest BCUT2D eigenvalue weighted by atomic mass is 16.6. The predicted molar refractivity (Wildman–Crippen MR) is 73.5 cm³/mol. The van der Waals surface area contributed by atoms with Gasteiger partial charge in [-0.25, -0.2) is 0 Å². The average molecular weight is 289 g/mol. The standard InChI is InChI=1S/C12H11N5O4/c1-6(18)16-12-10(11(13)19)8(5-15-12)7-2-3-9(14-4-7)17(20)21/h2-5,15H,1H3,(H2,13,19)(H,16,18). The Labute approximate surface area is 118 Å². The largest absolute Gasteiger partial charge is 0.365 e. The van der Waals surface area contributed by atoms with Gasteiger partial charge in [0, 0.05) is 30.3 Å². The second-order valence-electron chi connectivity index (χ2n) is 4.16. The van der Waals surface area contributed by atoms with E-state index in [2.05, 4.69) is 15.3 Å². The number of hydrogen-bond acceptors (Lipinski definition) is 5. The number of carbonyl (C=O) groups is 2. The van der Waals surface area contributed by atoms with Crippen LogP contribution in [0.25, 0.3) is 11.1 Å². The first kappa shape index (κ1) is 14.2. The number of amides is 2. The maximum atomic E-state index is 11.6. The Bertz CT molecular complexity index is 720. The number of aromatic amines is 1. The van der Waals surface area contributed by atoms with Crippen molar-refractivity contribution < 1.29 is 14.5 Å². The molecule has 2 heterocycles. The number of rotatable bonds is 4. The van der Waals surface area contributed by atoms with Crippen molar-refractivity contribution in [3.63, 3.8) is 0 Å². The molecule has 0 saturated heterocycles. The molecule has 4 N–H and O–H groups in total. The summed E-state index contributed by atoms with van der Waals surface area (Å²) in [5.74, 6) is -1.25. The molecule has 2 amide bonds. The third kappa shape index (κ3) is 2.86. The predicted octanol–water partition coefficient (Wildman–Crippen LogP) is 1.04. The Morgan fingerprint density at radius 1 is 1.43 bits per heavy atom. The van der Waals surface area contributed by atoms with Crippen LogP contribution in [0.15, 0.2) is 24.5 Å². The zero-order chi connectivity index (χ0) is 15.6. The van der Waals surface area contributed by atoms with Crippen molar-refractivity contribution in [3.8, 4) is 11.1 Å². The Morgan fingerprint density at radius 2 is 2.14 bits per heavy atom. The van der Waals surface area contributed by atoms with E-state index in [0.717, 1.165) is 0 Å².